The maximum absolute atomic E-state index is 11.2. The van der Waals surface area contributed by atoms with E-state index in [0.717, 1.165) is 6.29 Å². The molecular weight excluding hydrogens is 336 g/mol. The zero-order chi connectivity index (χ0) is 19.7. The normalized spacial score (nSPS) is 46.8. The summed E-state index contributed by atoms with van der Waals surface area (Å²) in [5.74, 6) is -1.06. The van der Waals surface area contributed by atoms with Gasteiger partial charge in [-0.25, -0.2) is 0 Å². The fourth-order valence-electron chi connectivity index (χ4n) is 5.39. The summed E-state index contributed by atoms with van der Waals surface area (Å²) in [7, 11) is 0. The second kappa shape index (κ2) is 5.96. The number of aliphatic hydroxyl groups excluding tert-OH is 3. The Morgan fingerprint density at radius 1 is 1.27 bits per heavy atom. The van der Waals surface area contributed by atoms with Gasteiger partial charge in [-0.1, -0.05) is 27.7 Å². The van der Waals surface area contributed by atoms with Crippen LogP contribution in [-0.4, -0.2) is 57.4 Å². The zero-order valence-electron chi connectivity index (χ0n) is 16.0. The van der Waals surface area contributed by atoms with Crippen molar-refractivity contribution in [3.8, 4) is 0 Å². The van der Waals surface area contributed by atoms with Crippen molar-refractivity contribution in [2.75, 3.05) is 0 Å². The molecule has 3 fully saturated rings. The summed E-state index contributed by atoms with van der Waals surface area (Å²) in [6.07, 6.45) is 0.930. The average molecular weight is 366 g/mol. The molecule has 26 heavy (non-hydrogen) atoms. The fraction of sp³-hybridized carbons (Fsp3) is 0.800. The molecule has 0 bridgehead atoms. The van der Waals surface area contributed by atoms with Crippen molar-refractivity contribution < 1.29 is 29.6 Å². The summed E-state index contributed by atoms with van der Waals surface area (Å²) >= 11 is 0. The van der Waals surface area contributed by atoms with E-state index in [1.54, 1.807) is 19.9 Å². The van der Waals surface area contributed by atoms with Gasteiger partial charge in [-0.3, -0.25) is 4.79 Å². The van der Waals surface area contributed by atoms with Crippen LogP contribution >= 0.6 is 0 Å². The van der Waals surface area contributed by atoms with Gasteiger partial charge in [0.2, 0.25) is 0 Å². The van der Waals surface area contributed by atoms with Gasteiger partial charge in [-0.15, -0.1) is 0 Å². The molecular formula is C20H30O6. The second-order valence-electron chi connectivity index (χ2n) is 9.22. The van der Waals surface area contributed by atoms with Crippen LogP contribution < -0.4 is 0 Å². The predicted octanol–water partition coefficient (Wildman–Crippen LogP) is 0.869. The number of fused-ring (bicyclic) bond motifs is 1. The highest BCUT2D eigenvalue weighted by Crippen LogP contribution is 2.66. The molecule has 9 unspecified atom stereocenters. The maximum Gasteiger partial charge on any atom is 0.145 e. The predicted molar refractivity (Wildman–Crippen MR) is 94.2 cm³/mol. The number of hydrogen-bond donors (Lipinski definition) is 3. The molecule has 6 heteroatoms. The summed E-state index contributed by atoms with van der Waals surface area (Å²) < 4.78 is 5.91. The first-order valence-electron chi connectivity index (χ1n) is 9.34. The standard InChI is InChI=1S/C20H30O6/c1-10(8-21)6-19-16(24)11(2)7-20(19,26-19)17(25)12(3)15(23)14-13(9-22)18(14,4)5/h6,8-9,11-17,23-25H,7H2,1-5H3. The molecule has 9 atom stereocenters. The largest absolute Gasteiger partial charge is 0.392 e. The number of hydrogen-bond acceptors (Lipinski definition) is 6. The highest BCUT2D eigenvalue weighted by atomic mass is 16.7. The van der Waals surface area contributed by atoms with Gasteiger partial charge >= 0.3 is 0 Å². The van der Waals surface area contributed by atoms with Crippen LogP contribution in [0.4, 0.5) is 0 Å². The quantitative estimate of drug-likeness (QED) is 0.351. The highest BCUT2D eigenvalue weighted by molar-refractivity contribution is 5.73. The van der Waals surface area contributed by atoms with Gasteiger partial charge in [0.25, 0.3) is 0 Å². The van der Waals surface area contributed by atoms with Gasteiger partial charge in [0.15, 0.2) is 0 Å². The molecule has 2 aliphatic carbocycles. The van der Waals surface area contributed by atoms with E-state index in [2.05, 4.69) is 0 Å². The zero-order valence-corrected chi connectivity index (χ0v) is 16.0. The van der Waals surface area contributed by atoms with Crippen molar-refractivity contribution in [3.63, 3.8) is 0 Å². The first-order valence-corrected chi connectivity index (χ1v) is 9.34. The maximum atomic E-state index is 11.2. The van der Waals surface area contributed by atoms with Crippen LogP contribution in [0.1, 0.15) is 41.0 Å². The number of ether oxygens (including phenoxy) is 1. The van der Waals surface area contributed by atoms with E-state index in [1.165, 1.54) is 0 Å². The number of aldehydes is 2. The Labute approximate surface area is 154 Å². The highest BCUT2D eigenvalue weighted by Gasteiger charge is 2.81. The van der Waals surface area contributed by atoms with Crippen LogP contribution in [0.2, 0.25) is 0 Å². The molecule has 0 aromatic carbocycles. The third kappa shape index (κ3) is 2.39. The van der Waals surface area contributed by atoms with E-state index in [4.69, 9.17) is 4.74 Å². The summed E-state index contributed by atoms with van der Waals surface area (Å²) in [5, 5.41) is 32.5. The lowest BCUT2D eigenvalue weighted by molar-refractivity contribution is -0.110. The van der Waals surface area contributed by atoms with Crippen molar-refractivity contribution in [2.45, 2.75) is 70.6 Å². The van der Waals surface area contributed by atoms with Crippen LogP contribution in [0.5, 0.6) is 0 Å². The van der Waals surface area contributed by atoms with Crippen molar-refractivity contribution >= 4 is 12.6 Å². The SMILES string of the molecule is CC(C=O)=CC12OC1(C(O)C(C)C(O)C1C(C=O)C1(C)C)CC(C)C2O. The molecule has 0 aromatic rings. The molecule has 0 amide bonds. The lowest BCUT2D eigenvalue weighted by atomic mass is 9.79. The number of rotatable bonds is 7. The van der Waals surface area contributed by atoms with Gasteiger partial charge in [-0.05, 0) is 36.3 Å². The van der Waals surface area contributed by atoms with Crippen molar-refractivity contribution in [1.29, 1.82) is 0 Å². The molecule has 0 radical (unpaired) electrons. The van der Waals surface area contributed by atoms with Crippen LogP contribution in [0.3, 0.4) is 0 Å². The third-order valence-corrected chi connectivity index (χ3v) is 7.23. The average Bonchev–Trinajstić information content (AvgIpc) is 3.39. The minimum atomic E-state index is -1.09. The van der Waals surface area contributed by atoms with Gasteiger partial charge in [0, 0.05) is 17.8 Å². The van der Waals surface area contributed by atoms with Crippen molar-refractivity contribution in [2.24, 2.45) is 29.1 Å². The van der Waals surface area contributed by atoms with Crippen molar-refractivity contribution in [1.82, 2.24) is 0 Å². The number of carbonyl (C=O) groups is 2. The van der Waals surface area contributed by atoms with E-state index in [9.17, 15) is 24.9 Å². The molecule has 2 saturated carbocycles. The topological polar surface area (TPSA) is 107 Å². The monoisotopic (exact) mass is 366 g/mol. The van der Waals surface area contributed by atoms with E-state index >= 15 is 0 Å². The Morgan fingerprint density at radius 3 is 2.38 bits per heavy atom. The Kier molecular flexibility index (Phi) is 4.51. The molecule has 0 aromatic heterocycles. The van der Waals surface area contributed by atoms with Gasteiger partial charge in [-0.2, -0.15) is 0 Å². The molecule has 146 valence electrons. The molecule has 0 spiro atoms. The lowest BCUT2D eigenvalue weighted by Crippen LogP contribution is -2.45. The minimum absolute atomic E-state index is 0.0986. The third-order valence-electron chi connectivity index (χ3n) is 7.23. The Morgan fingerprint density at radius 2 is 1.88 bits per heavy atom. The molecule has 3 aliphatic rings. The van der Waals surface area contributed by atoms with E-state index in [1.807, 2.05) is 20.8 Å². The fourth-order valence-corrected chi connectivity index (χ4v) is 5.39. The summed E-state index contributed by atoms with van der Waals surface area (Å²) in [4.78, 5) is 22.3. The van der Waals surface area contributed by atoms with E-state index in [-0.39, 0.29) is 23.2 Å². The van der Waals surface area contributed by atoms with Gasteiger partial charge in [0.05, 0.1) is 18.3 Å². The van der Waals surface area contributed by atoms with Crippen LogP contribution in [-0.2, 0) is 14.3 Å². The van der Waals surface area contributed by atoms with Crippen molar-refractivity contribution in [3.05, 3.63) is 11.6 Å². The number of aliphatic hydroxyl groups is 3. The minimum Gasteiger partial charge on any atom is -0.392 e. The molecule has 3 rings (SSSR count). The summed E-state index contributed by atoms with van der Waals surface area (Å²) in [6.45, 7) is 9.14. The van der Waals surface area contributed by atoms with E-state index < -0.39 is 35.4 Å². The molecule has 6 nitrogen and oxygen atoms in total. The first kappa shape index (κ1) is 19.7. The van der Waals surface area contributed by atoms with Crippen LogP contribution in [0.25, 0.3) is 0 Å². The number of allylic oxidation sites excluding steroid dienone is 1. The Bertz CT molecular complexity index is 642. The van der Waals surface area contributed by atoms with Gasteiger partial charge in [0.1, 0.15) is 23.8 Å². The molecule has 1 heterocycles. The van der Waals surface area contributed by atoms with E-state index in [0.29, 0.717) is 18.3 Å². The van der Waals surface area contributed by atoms with Gasteiger partial charge < -0.3 is 24.9 Å². The Balaban J connectivity index is 1.84. The lowest BCUT2D eigenvalue weighted by Gasteiger charge is -2.29. The van der Waals surface area contributed by atoms with Crippen LogP contribution in [0.15, 0.2) is 11.6 Å². The molecule has 1 aliphatic heterocycles. The number of epoxide rings is 1. The Hall–Kier alpha value is -1.08. The summed E-state index contributed by atoms with van der Waals surface area (Å²) in [5.41, 5.74) is -1.95. The molecule has 1 saturated heterocycles. The second-order valence-corrected chi connectivity index (χ2v) is 9.22. The summed E-state index contributed by atoms with van der Waals surface area (Å²) in [6, 6.07) is 0. The number of carbonyl (C=O) groups excluding carboxylic acids is 2. The smallest absolute Gasteiger partial charge is 0.145 e. The first-order chi connectivity index (χ1) is 12.0. The molecule has 3 N–H and O–H groups in total. The van der Waals surface area contributed by atoms with Crippen LogP contribution in [0, 0.1) is 29.1 Å².